The minimum atomic E-state index is -4.34. The SMILES string of the molecule is CCCC(=O)ON(C)c1ccc(Oc2ccc(Cc3ccc(C(F)(F)F)cc3)cn2)cc1. The summed E-state index contributed by atoms with van der Waals surface area (Å²) in [4.78, 5) is 21.1. The van der Waals surface area contributed by atoms with Gasteiger partial charge >= 0.3 is 12.1 Å². The molecule has 2 aromatic carbocycles. The Labute approximate surface area is 184 Å². The van der Waals surface area contributed by atoms with Crippen molar-refractivity contribution in [2.75, 3.05) is 12.1 Å². The van der Waals surface area contributed by atoms with E-state index in [-0.39, 0.29) is 5.97 Å². The highest BCUT2D eigenvalue weighted by atomic mass is 19.4. The number of hydroxylamine groups is 1. The Morgan fingerprint density at radius 2 is 1.62 bits per heavy atom. The lowest BCUT2D eigenvalue weighted by molar-refractivity contribution is -0.144. The molecule has 168 valence electrons. The molecule has 0 N–H and O–H groups in total. The molecule has 0 bridgehead atoms. The van der Waals surface area contributed by atoms with Crippen LogP contribution in [-0.4, -0.2) is 18.0 Å². The second-order valence-electron chi connectivity index (χ2n) is 7.18. The maximum Gasteiger partial charge on any atom is 0.416 e. The zero-order valence-corrected chi connectivity index (χ0v) is 17.7. The third-order valence-corrected chi connectivity index (χ3v) is 4.60. The van der Waals surface area contributed by atoms with Gasteiger partial charge in [0.05, 0.1) is 11.3 Å². The molecular formula is C24H23F3N2O3. The normalized spacial score (nSPS) is 11.2. The Hall–Kier alpha value is -3.55. The van der Waals surface area contributed by atoms with Crippen LogP contribution in [0.5, 0.6) is 11.6 Å². The van der Waals surface area contributed by atoms with E-state index >= 15 is 0 Å². The van der Waals surface area contributed by atoms with Crippen LogP contribution in [0.25, 0.3) is 0 Å². The largest absolute Gasteiger partial charge is 0.439 e. The Morgan fingerprint density at radius 3 is 2.19 bits per heavy atom. The van der Waals surface area contributed by atoms with Crippen molar-refractivity contribution in [3.05, 3.63) is 83.6 Å². The van der Waals surface area contributed by atoms with Crippen molar-refractivity contribution in [1.82, 2.24) is 4.98 Å². The third-order valence-electron chi connectivity index (χ3n) is 4.60. The lowest BCUT2D eigenvalue weighted by Crippen LogP contribution is -2.22. The molecule has 0 fully saturated rings. The van der Waals surface area contributed by atoms with E-state index < -0.39 is 11.7 Å². The molecule has 0 aliphatic heterocycles. The van der Waals surface area contributed by atoms with Crippen LogP contribution in [0, 0.1) is 0 Å². The molecule has 0 aliphatic carbocycles. The molecule has 0 atom stereocenters. The van der Waals surface area contributed by atoms with E-state index in [1.165, 1.54) is 17.2 Å². The molecule has 1 heterocycles. The molecule has 0 saturated carbocycles. The molecule has 8 heteroatoms. The number of hydrogen-bond donors (Lipinski definition) is 0. The number of nitrogens with zero attached hydrogens (tertiary/aromatic N) is 2. The Morgan fingerprint density at radius 1 is 0.969 bits per heavy atom. The summed E-state index contributed by atoms with van der Waals surface area (Å²) in [7, 11) is 1.65. The van der Waals surface area contributed by atoms with E-state index in [0.29, 0.717) is 30.2 Å². The van der Waals surface area contributed by atoms with E-state index in [9.17, 15) is 18.0 Å². The standard InChI is InChI=1S/C24H23F3N2O3/c1-3-4-23(30)32-29(2)20-10-12-21(13-11-20)31-22-14-7-18(16-28-22)15-17-5-8-19(9-6-17)24(25,26)27/h5-14,16H,3-4,15H2,1-2H3. The predicted octanol–water partition coefficient (Wildman–Crippen LogP) is 6.18. The van der Waals surface area contributed by atoms with Crippen LogP contribution in [-0.2, 0) is 22.2 Å². The zero-order valence-electron chi connectivity index (χ0n) is 17.7. The van der Waals surface area contributed by atoms with Crippen molar-refractivity contribution in [1.29, 1.82) is 0 Å². The number of halogens is 3. The first-order valence-electron chi connectivity index (χ1n) is 10.1. The molecular weight excluding hydrogens is 421 g/mol. The Kier molecular flexibility index (Phi) is 7.35. The molecule has 0 saturated heterocycles. The average molecular weight is 444 g/mol. The molecule has 0 unspecified atom stereocenters. The van der Waals surface area contributed by atoms with Crippen LogP contribution in [0.3, 0.4) is 0 Å². The van der Waals surface area contributed by atoms with Crippen LogP contribution in [0.2, 0.25) is 0 Å². The fourth-order valence-electron chi connectivity index (χ4n) is 2.92. The molecule has 5 nitrogen and oxygen atoms in total. The van der Waals surface area contributed by atoms with Crippen LogP contribution in [0.4, 0.5) is 18.9 Å². The summed E-state index contributed by atoms with van der Waals surface area (Å²) in [6.07, 6.45) is -1.18. The van der Waals surface area contributed by atoms with Crippen LogP contribution in [0.1, 0.15) is 36.5 Å². The van der Waals surface area contributed by atoms with Gasteiger partial charge in [-0.1, -0.05) is 25.1 Å². The lowest BCUT2D eigenvalue weighted by atomic mass is 10.0. The van der Waals surface area contributed by atoms with Crippen molar-refractivity contribution in [3.8, 4) is 11.6 Å². The number of alkyl halides is 3. The van der Waals surface area contributed by atoms with Crippen molar-refractivity contribution in [2.45, 2.75) is 32.4 Å². The molecule has 0 radical (unpaired) electrons. The summed E-state index contributed by atoms with van der Waals surface area (Å²) < 4.78 is 43.7. The monoisotopic (exact) mass is 444 g/mol. The Bertz CT molecular complexity index is 1020. The number of carbonyl (C=O) groups excluding carboxylic acids is 1. The molecule has 0 amide bonds. The fourth-order valence-corrected chi connectivity index (χ4v) is 2.92. The molecule has 1 aromatic heterocycles. The second-order valence-corrected chi connectivity index (χ2v) is 7.18. The summed E-state index contributed by atoms with van der Waals surface area (Å²) >= 11 is 0. The van der Waals surface area contributed by atoms with Crippen molar-refractivity contribution >= 4 is 11.7 Å². The zero-order chi connectivity index (χ0) is 23.1. The van der Waals surface area contributed by atoms with Crippen LogP contribution in [0.15, 0.2) is 66.9 Å². The summed E-state index contributed by atoms with van der Waals surface area (Å²) in [5, 5.41) is 1.40. The number of benzene rings is 2. The van der Waals surface area contributed by atoms with Crippen molar-refractivity contribution < 1.29 is 27.5 Å². The van der Waals surface area contributed by atoms with Gasteiger partial charge in [0, 0.05) is 25.7 Å². The average Bonchev–Trinajstić information content (AvgIpc) is 2.75. The smallest absolute Gasteiger partial charge is 0.416 e. The predicted molar refractivity (Wildman–Crippen MR) is 114 cm³/mol. The highest BCUT2D eigenvalue weighted by molar-refractivity contribution is 5.70. The summed E-state index contributed by atoms with van der Waals surface area (Å²) in [5.41, 5.74) is 1.64. The maximum absolute atomic E-state index is 12.7. The van der Waals surface area contributed by atoms with Crippen molar-refractivity contribution in [3.63, 3.8) is 0 Å². The minimum absolute atomic E-state index is 0.295. The lowest BCUT2D eigenvalue weighted by Gasteiger charge is -2.18. The number of carbonyl (C=O) groups is 1. The van der Waals surface area contributed by atoms with Gasteiger partial charge in [0.25, 0.3) is 0 Å². The van der Waals surface area contributed by atoms with Crippen LogP contribution >= 0.6 is 0 Å². The van der Waals surface area contributed by atoms with Gasteiger partial charge in [0.15, 0.2) is 0 Å². The van der Waals surface area contributed by atoms with Gasteiger partial charge in [-0.2, -0.15) is 13.2 Å². The van der Waals surface area contributed by atoms with Gasteiger partial charge in [-0.15, -0.1) is 0 Å². The molecule has 0 aliphatic rings. The van der Waals surface area contributed by atoms with E-state index in [1.54, 1.807) is 43.6 Å². The number of aromatic nitrogens is 1. The van der Waals surface area contributed by atoms with E-state index in [0.717, 1.165) is 29.7 Å². The van der Waals surface area contributed by atoms with Gasteiger partial charge in [0.2, 0.25) is 5.88 Å². The maximum atomic E-state index is 12.7. The highest BCUT2D eigenvalue weighted by Crippen LogP contribution is 2.29. The van der Waals surface area contributed by atoms with E-state index in [1.807, 2.05) is 13.0 Å². The first-order valence-corrected chi connectivity index (χ1v) is 10.1. The van der Waals surface area contributed by atoms with Gasteiger partial charge in [-0.3, -0.25) is 0 Å². The second kappa shape index (κ2) is 10.2. The minimum Gasteiger partial charge on any atom is -0.439 e. The number of hydrogen-bond acceptors (Lipinski definition) is 5. The van der Waals surface area contributed by atoms with Gasteiger partial charge < -0.3 is 9.57 Å². The fraction of sp³-hybridized carbons (Fsp3) is 0.250. The van der Waals surface area contributed by atoms with Gasteiger partial charge in [-0.05, 0) is 60.4 Å². The summed E-state index contributed by atoms with van der Waals surface area (Å²) in [6, 6.07) is 15.6. The highest BCUT2D eigenvalue weighted by Gasteiger charge is 2.29. The van der Waals surface area contributed by atoms with Gasteiger partial charge in [-0.25, -0.2) is 14.8 Å². The number of pyridine rings is 1. The Balaban J connectivity index is 1.57. The molecule has 32 heavy (non-hydrogen) atoms. The van der Waals surface area contributed by atoms with E-state index in [2.05, 4.69) is 4.98 Å². The number of ether oxygens (including phenoxy) is 1. The third kappa shape index (κ3) is 6.47. The number of rotatable bonds is 8. The molecule has 3 aromatic rings. The summed E-state index contributed by atoms with van der Waals surface area (Å²) in [5.74, 6) is 0.651. The number of anilines is 1. The first-order chi connectivity index (χ1) is 15.2. The molecule has 0 spiro atoms. The molecule has 3 rings (SSSR count). The first kappa shape index (κ1) is 23.1. The van der Waals surface area contributed by atoms with E-state index in [4.69, 9.17) is 9.57 Å². The van der Waals surface area contributed by atoms with Crippen molar-refractivity contribution in [2.24, 2.45) is 0 Å². The quantitative estimate of drug-likeness (QED) is 0.389. The summed E-state index contributed by atoms with van der Waals surface area (Å²) in [6.45, 7) is 1.91. The topological polar surface area (TPSA) is 51.7 Å². The van der Waals surface area contributed by atoms with Gasteiger partial charge in [0.1, 0.15) is 5.75 Å². The van der Waals surface area contributed by atoms with Crippen LogP contribution < -0.4 is 9.80 Å².